The normalized spacial score (nSPS) is 24.9. The van der Waals surface area contributed by atoms with Gasteiger partial charge < -0.3 is 5.32 Å². The van der Waals surface area contributed by atoms with Gasteiger partial charge in [-0.25, -0.2) is 0 Å². The highest BCUT2D eigenvalue weighted by atomic mass is 15.2. The molecular weight excluding hydrogens is 196 g/mol. The predicted molar refractivity (Wildman–Crippen MR) is 71.8 cm³/mol. The minimum atomic E-state index is 0.724. The van der Waals surface area contributed by atoms with Crippen molar-refractivity contribution in [3.05, 3.63) is 0 Å². The molecule has 0 spiro atoms. The fourth-order valence-corrected chi connectivity index (χ4v) is 3.05. The summed E-state index contributed by atoms with van der Waals surface area (Å²) in [5, 5.41) is 3.37. The molecule has 0 aliphatic carbocycles. The van der Waals surface area contributed by atoms with Gasteiger partial charge in [-0.1, -0.05) is 33.6 Å². The minimum absolute atomic E-state index is 0.724. The number of likely N-dealkylation sites (N-methyl/N-ethyl adjacent to an activating group) is 1. The Morgan fingerprint density at radius 1 is 1.31 bits per heavy atom. The number of piperidine rings is 1. The summed E-state index contributed by atoms with van der Waals surface area (Å²) in [7, 11) is 2.08. The molecule has 1 aliphatic rings. The van der Waals surface area contributed by atoms with Gasteiger partial charge in [-0.2, -0.15) is 0 Å². The standard InChI is InChI=1S/C14H30N2/c1-5-8-13-9-6-7-10-16(13)14(11-15-4)12(2)3/h12-15H,5-11H2,1-4H3. The van der Waals surface area contributed by atoms with E-state index in [9.17, 15) is 0 Å². The molecule has 0 amide bonds. The largest absolute Gasteiger partial charge is 0.318 e. The lowest BCUT2D eigenvalue weighted by molar-refractivity contribution is 0.0645. The first-order valence-corrected chi connectivity index (χ1v) is 7.11. The topological polar surface area (TPSA) is 15.3 Å². The second-order valence-electron chi connectivity index (χ2n) is 5.55. The summed E-state index contributed by atoms with van der Waals surface area (Å²) in [5.74, 6) is 0.755. The van der Waals surface area contributed by atoms with E-state index in [0.717, 1.165) is 24.5 Å². The van der Waals surface area contributed by atoms with Gasteiger partial charge in [0.15, 0.2) is 0 Å². The van der Waals surface area contributed by atoms with Crippen LogP contribution >= 0.6 is 0 Å². The van der Waals surface area contributed by atoms with Crippen LogP contribution in [0.2, 0.25) is 0 Å². The summed E-state index contributed by atoms with van der Waals surface area (Å²) in [5.41, 5.74) is 0. The molecule has 1 N–H and O–H groups in total. The molecule has 1 saturated heterocycles. The van der Waals surface area contributed by atoms with Gasteiger partial charge >= 0.3 is 0 Å². The first-order valence-electron chi connectivity index (χ1n) is 7.11. The van der Waals surface area contributed by atoms with Crippen LogP contribution < -0.4 is 5.32 Å². The van der Waals surface area contributed by atoms with Gasteiger partial charge in [0.25, 0.3) is 0 Å². The van der Waals surface area contributed by atoms with E-state index >= 15 is 0 Å². The summed E-state index contributed by atoms with van der Waals surface area (Å²) in [6, 6.07) is 1.57. The average molecular weight is 226 g/mol. The van der Waals surface area contributed by atoms with Crippen molar-refractivity contribution in [3.63, 3.8) is 0 Å². The Morgan fingerprint density at radius 3 is 2.62 bits per heavy atom. The number of nitrogens with one attached hydrogen (secondary N) is 1. The molecule has 1 aliphatic heterocycles. The first kappa shape index (κ1) is 14.0. The van der Waals surface area contributed by atoms with Crippen molar-refractivity contribution < 1.29 is 0 Å². The Morgan fingerprint density at radius 2 is 2.06 bits per heavy atom. The molecule has 0 saturated carbocycles. The van der Waals surface area contributed by atoms with Crippen LogP contribution in [0.3, 0.4) is 0 Å². The highest BCUT2D eigenvalue weighted by Crippen LogP contribution is 2.25. The van der Waals surface area contributed by atoms with Crippen molar-refractivity contribution in [2.24, 2.45) is 5.92 Å². The second kappa shape index (κ2) is 7.29. The van der Waals surface area contributed by atoms with E-state index in [1.54, 1.807) is 0 Å². The monoisotopic (exact) mass is 226 g/mol. The molecule has 0 aromatic rings. The molecule has 0 aromatic carbocycles. The Kier molecular flexibility index (Phi) is 6.37. The maximum Gasteiger partial charge on any atom is 0.0246 e. The minimum Gasteiger partial charge on any atom is -0.318 e. The van der Waals surface area contributed by atoms with E-state index in [2.05, 4.69) is 38.0 Å². The highest BCUT2D eigenvalue weighted by molar-refractivity contribution is 4.85. The molecule has 2 unspecified atom stereocenters. The third-order valence-electron chi connectivity index (χ3n) is 3.90. The van der Waals surface area contributed by atoms with Crippen molar-refractivity contribution in [1.82, 2.24) is 10.2 Å². The van der Waals surface area contributed by atoms with Gasteiger partial charge in [0.1, 0.15) is 0 Å². The fraction of sp³-hybridized carbons (Fsp3) is 1.00. The number of rotatable bonds is 6. The molecule has 2 nitrogen and oxygen atoms in total. The van der Waals surface area contributed by atoms with Crippen molar-refractivity contribution in [2.45, 2.75) is 65.0 Å². The number of hydrogen-bond donors (Lipinski definition) is 1. The maximum atomic E-state index is 3.37. The lowest BCUT2D eigenvalue weighted by Gasteiger charge is -2.43. The van der Waals surface area contributed by atoms with E-state index < -0.39 is 0 Å². The molecule has 0 aromatic heterocycles. The summed E-state index contributed by atoms with van der Waals surface area (Å²) in [6.45, 7) is 9.49. The van der Waals surface area contributed by atoms with Gasteiger partial charge in [-0.05, 0) is 38.8 Å². The van der Waals surface area contributed by atoms with Crippen molar-refractivity contribution in [1.29, 1.82) is 0 Å². The van der Waals surface area contributed by atoms with E-state index in [4.69, 9.17) is 0 Å². The zero-order valence-corrected chi connectivity index (χ0v) is 11.6. The van der Waals surface area contributed by atoms with Crippen LogP contribution in [0, 0.1) is 5.92 Å². The van der Waals surface area contributed by atoms with Crippen LogP contribution in [0.4, 0.5) is 0 Å². The Balaban J connectivity index is 2.62. The van der Waals surface area contributed by atoms with Crippen LogP contribution in [0.15, 0.2) is 0 Å². The molecule has 1 heterocycles. The predicted octanol–water partition coefficient (Wildman–Crippen LogP) is 2.89. The lowest BCUT2D eigenvalue weighted by atomic mass is 9.92. The zero-order valence-electron chi connectivity index (χ0n) is 11.6. The Hall–Kier alpha value is -0.0800. The number of likely N-dealkylation sites (tertiary alicyclic amines) is 1. The average Bonchev–Trinajstić information content (AvgIpc) is 2.27. The summed E-state index contributed by atoms with van der Waals surface area (Å²) in [6.07, 6.45) is 6.96. The Bertz CT molecular complexity index is 178. The van der Waals surface area contributed by atoms with Crippen molar-refractivity contribution >= 4 is 0 Å². The fourth-order valence-electron chi connectivity index (χ4n) is 3.05. The molecule has 1 fully saturated rings. The molecule has 2 atom stereocenters. The van der Waals surface area contributed by atoms with E-state index in [-0.39, 0.29) is 0 Å². The summed E-state index contributed by atoms with van der Waals surface area (Å²) in [4.78, 5) is 2.79. The molecular formula is C14H30N2. The van der Waals surface area contributed by atoms with Gasteiger partial charge in [-0.3, -0.25) is 4.90 Å². The maximum absolute atomic E-state index is 3.37. The van der Waals surface area contributed by atoms with Crippen LogP contribution in [0.1, 0.15) is 52.9 Å². The lowest BCUT2D eigenvalue weighted by Crippen LogP contribution is -2.52. The molecule has 1 rings (SSSR count). The van der Waals surface area contributed by atoms with Gasteiger partial charge in [0.2, 0.25) is 0 Å². The van der Waals surface area contributed by atoms with E-state index in [1.807, 2.05) is 0 Å². The van der Waals surface area contributed by atoms with Crippen molar-refractivity contribution in [3.8, 4) is 0 Å². The third kappa shape index (κ3) is 3.74. The summed E-state index contributed by atoms with van der Waals surface area (Å²) < 4.78 is 0. The zero-order chi connectivity index (χ0) is 12.0. The first-order chi connectivity index (χ1) is 7.70. The van der Waals surface area contributed by atoms with Gasteiger partial charge in [0.05, 0.1) is 0 Å². The van der Waals surface area contributed by atoms with Gasteiger partial charge in [-0.15, -0.1) is 0 Å². The number of nitrogens with zero attached hydrogens (tertiary/aromatic N) is 1. The molecule has 2 heteroatoms. The SMILES string of the molecule is CCCC1CCCCN1C(CNC)C(C)C. The van der Waals surface area contributed by atoms with Crippen LogP contribution in [-0.2, 0) is 0 Å². The smallest absolute Gasteiger partial charge is 0.0246 e. The Labute approximate surface area is 102 Å². The van der Waals surface area contributed by atoms with E-state index in [1.165, 1.54) is 38.6 Å². The molecule has 0 radical (unpaired) electrons. The van der Waals surface area contributed by atoms with Crippen molar-refractivity contribution in [2.75, 3.05) is 20.1 Å². The van der Waals surface area contributed by atoms with Crippen LogP contribution in [-0.4, -0.2) is 37.1 Å². The quantitative estimate of drug-likeness (QED) is 0.749. The van der Waals surface area contributed by atoms with Crippen LogP contribution in [0.5, 0.6) is 0 Å². The van der Waals surface area contributed by atoms with E-state index in [0.29, 0.717) is 0 Å². The molecule has 0 bridgehead atoms. The second-order valence-corrected chi connectivity index (χ2v) is 5.55. The van der Waals surface area contributed by atoms with Crippen LogP contribution in [0.25, 0.3) is 0 Å². The molecule has 16 heavy (non-hydrogen) atoms. The third-order valence-corrected chi connectivity index (χ3v) is 3.90. The summed E-state index contributed by atoms with van der Waals surface area (Å²) >= 11 is 0. The number of hydrogen-bond acceptors (Lipinski definition) is 2. The van der Waals surface area contributed by atoms with Gasteiger partial charge in [0, 0.05) is 18.6 Å². The molecule has 96 valence electrons. The highest BCUT2D eigenvalue weighted by Gasteiger charge is 2.29.